The van der Waals surface area contributed by atoms with E-state index in [0.717, 1.165) is 12.0 Å². The van der Waals surface area contributed by atoms with E-state index >= 15 is 0 Å². The van der Waals surface area contributed by atoms with Gasteiger partial charge < -0.3 is 5.32 Å². The van der Waals surface area contributed by atoms with E-state index in [4.69, 9.17) is 0 Å². The second kappa shape index (κ2) is 3.39. The van der Waals surface area contributed by atoms with Gasteiger partial charge in [0.05, 0.1) is 0 Å². The molecule has 0 aliphatic carbocycles. The molecule has 13 heavy (non-hydrogen) atoms. The van der Waals surface area contributed by atoms with Gasteiger partial charge in [-0.05, 0) is 36.6 Å². The molecule has 1 N–H and O–H groups in total. The molecule has 0 bridgehead atoms. The van der Waals surface area contributed by atoms with Crippen molar-refractivity contribution in [3.63, 3.8) is 0 Å². The number of hydrogen-bond acceptors (Lipinski definition) is 2. The number of piperidine rings is 1. The fourth-order valence-corrected chi connectivity index (χ4v) is 2.48. The second-order valence-corrected chi connectivity index (χ2v) is 4.58. The van der Waals surface area contributed by atoms with E-state index in [1.807, 2.05) is 16.8 Å². The van der Waals surface area contributed by atoms with Crippen molar-refractivity contribution in [2.45, 2.75) is 31.5 Å². The molecule has 2 rings (SSSR count). The molecular formula is C10H14FNS. The molecular weight excluding hydrogens is 185 g/mol. The molecule has 2 heterocycles. The Labute approximate surface area is 82.0 Å². The lowest BCUT2D eigenvalue weighted by Crippen LogP contribution is -2.44. The molecule has 0 aromatic carbocycles. The maximum atomic E-state index is 14.3. The molecule has 0 radical (unpaired) electrons. The molecule has 0 amide bonds. The molecule has 3 heteroatoms. The van der Waals surface area contributed by atoms with Crippen LogP contribution in [0.5, 0.6) is 0 Å². The van der Waals surface area contributed by atoms with Crippen molar-refractivity contribution >= 4 is 11.3 Å². The third kappa shape index (κ3) is 1.76. The van der Waals surface area contributed by atoms with E-state index < -0.39 is 5.67 Å². The van der Waals surface area contributed by atoms with Crippen LogP contribution in [0, 0.1) is 0 Å². The van der Waals surface area contributed by atoms with Crippen molar-refractivity contribution in [1.29, 1.82) is 0 Å². The highest BCUT2D eigenvalue weighted by atomic mass is 32.1. The monoisotopic (exact) mass is 199 g/mol. The van der Waals surface area contributed by atoms with Crippen LogP contribution in [0.1, 0.15) is 25.3 Å². The van der Waals surface area contributed by atoms with Gasteiger partial charge in [0, 0.05) is 18.2 Å². The number of halogens is 1. The van der Waals surface area contributed by atoms with Crippen molar-refractivity contribution in [3.8, 4) is 0 Å². The summed E-state index contributed by atoms with van der Waals surface area (Å²) in [5.74, 6) is 0. The Balaban J connectivity index is 2.13. The number of alkyl halides is 1. The fourth-order valence-electron chi connectivity index (χ4n) is 1.74. The molecule has 1 aliphatic heterocycles. The average Bonchev–Trinajstić information content (AvgIpc) is 2.63. The molecule has 1 aromatic heterocycles. The maximum Gasteiger partial charge on any atom is 0.149 e. The average molecular weight is 199 g/mol. The first-order valence-electron chi connectivity index (χ1n) is 4.66. The van der Waals surface area contributed by atoms with Gasteiger partial charge in [0.25, 0.3) is 0 Å². The summed E-state index contributed by atoms with van der Waals surface area (Å²) in [6.45, 7) is 2.57. The number of rotatable bonds is 1. The van der Waals surface area contributed by atoms with Crippen LogP contribution in [-0.2, 0) is 5.67 Å². The fraction of sp³-hybridized carbons (Fsp3) is 0.600. The topological polar surface area (TPSA) is 12.0 Å². The summed E-state index contributed by atoms with van der Waals surface area (Å²) in [7, 11) is 0. The van der Waals surface area contributed by atoms with Gasteiger partial charge in [-0.2, -0.15) is 11.3 Å². The minimum absolute atomic E-state index is 0.461. The summed E-state index contributed by atoms with van der Waals surface area (Å²) in [5.41, 5.74) is -0.274. The van der Waals surface area contributed by atoms with E-state index in [0.29, 0.717) is 19.0 Å². The molecule has 1 fully saturated rings. The third-order valence-corrected chi connectivity index (χ3v) is 3.43. The summed E-state index contributed by atoms with van der Waals surface area (Å²) < 4.78 is 14.3. The summed E-state index contributed by atoms with van der Waals surface area (Å²) in [6.07, 6.45) is 1.57. The normalized spacial score (nSPS) is 34.8. The lowest BCUT2D eigenvalue weighted by Gasteiger charge is -2.33. The van der Waals surface area contributed by atoms with Crippen LogP contribution in [0.25, 0.3) is 0 Å². The Morgan fingerprint density at radius 3 is 3.08 bits per heavy atom. The Morgan fingerprint density at radius 2 is 2.54 bits per heavy atom. The van der Waals surface area contributed by atoms with E-state index in [1.165, 1.54) is 0 Å². The molecule has 0 saturated carbocycles. The number of hydrogen-bond donors (Lipinski definition) is 1. The van der Waals surface area contributed by atoms with Gasteiger partial charge in [-0.1, -0.05) is 0 Å². The van der Waals surface area contributed by atoms with Crippen molar-refractivity contribution in [1.82, 2.24) is 5.32 Å². The smallest absolute Gasteiger partial charge is 0.149 e. The summed E-state index contributed by atoms with van der Waals surface area (Å²) in [4.78, 5) is 0. The largest absolute Gasteiger partial charge is 0.311 e. The molecule has 2 unspecified atom stereocenters. The lowest BCUT2D eigenvalue weighted by molar-refractivity contribution is 0.107. The van der Waals surface area contributed by atoms with Crippen molar-refractivity contribution in [2.24, 2.45) is 0 Å². The Kier molecular flexibility index (Phi) is 2.39. The zero-order valence-electron chi connectivity index (χ0n) is 7.72. The summed E-state index contributed by atoms with van der Waals surface area (Å²) in [5, 5.41) is 7.04. The molecule has 1 aliphatic rings. The van der Waals surface area contributed by atoms with Gasteiger partial charge in [-0.25, -0.2) is 4.39 Å². The zero-order chi connectivity index (χ0) is 9.31. The van der Waals surface area contributed by atoms with Gasteiger partial charge >= 0.3 is 0 Å². The first kappa shape index (κ1) is 9.16. The zero-order valence-corrected chi connectivity index (χ0v) is 8.53. The highest BCUT2D eigenvalue weighted by molar-refractivity contribution is 7.08. The van der Waals surface area contributed by atoms with Crippen LogP contribution in [0.15, 0.2) is 16.8 Å². The van der Waals surface area contributed by atoms with Crippen LogP contribution in [0.4, 0.5) is 4.39 Å². The molecule has 1 aromatic rings. The first-order chi connectivity index (χ1) is 6.21. The predicted octanol–water partition coefficient (Wildman–Crippen LogP) is 2.68. The van der Waals surface area contributed by atoms with Crippen molar-refractivity contribution in [3.05, 3.63) is 22.4 Å². The predicted molar refractivity (Wildman–Crippen MR) is 53.8 cm³/mol. The minimum Gasteiger partial charge on any atom is -0.311 e. The number of nitrogens with one attached hydrogen (secondary N) is 1. The Hall–Kier alpha value is -0.410. The maximum absolute atomic E-state index is 14.3. The van der Waals surface area contributed by atoms with Gasteiger partial charge in [0.1, 0.15) is 5.67 Å². The van der Waals surface area contributed by atoms with Gasteiger partial charge in [-0.15, -0.1) is 0 Å². The van der Waals surface area contributed by atoms with Gasteiger partial charge in [0.15, 0.2) is 0 Å². The van der Waals surface area contributed by atoms with Crippen LogP contribution in [0.3, 0.4) is 0 Å². The SMILES string of the molecule is CC1CCC(F)(c2ccsc2)CN1. The first-order valence-corrected chi connectivity index (χ1v) is 5.60. The van der Waals surface area contributed by atoms with E-state index in [-0.39, 0.29) is 0 Å². The van der Waals surface area contributed by atoms with Crippen molar-refractivity contribution in [2.75, 3.05) is 6.54 Å². The van der Waals surface area contributed by atoms with E-state index in [2.05, 4.69) is 12.2 Å². The second-order valence-electron chi connectivity index (χ2n) is 3.80. The van der Waals surface area contributed by atoms with Crippen LogP contribution >= 0.6 is 11.3 Å². The molecule has 1 saturated heterocycles. The quantitative estimate of drug-likeness (QED) is 0.733. The third-order valence-electron chi connectivity index (χ3n) is 2.74. The van der Waals surface area contributed by atoms with Gasteiger partial charge in [0.2, 0.25) is 0 Å². The highest BCUT2D eigenvalue weighted by Gasteiger charge is 2.35. The summed E-state index contributed by atoms with van der Waals surface area (Å²) >= 11 is 1.56. The summed E-state index contributed by atoms with van der Waals surface area (Å²) in [6, 6.07) is 2.35. The van der Waals surface area contributed by atoms with E-state index in [9.17, 15) is 4.39 Å². The molecule has 72 valence electrons. The highest BCUT2D eigenvalue weighted by Crippen LogP contribution is 2.35. The Morgan fingerprint density at radius 1 is 1.69 bits per heavy atom. The van der Waals surface area contributed by atoms with Crippen LogP contribution in [0.2, 0.25) is 0 Å². The lowest BCUT2D eigenvalue weighted by atomic mass is 9.88. The number of thiophene rings is 1. The minimum atomic E-state index is -1.12. The molecule has 1 nitrogen and oxygen atoms in total. The van der Waals surface area contributed by atoms with E-state index in [1.54, 1.807) is 11.3 Å². The van der Waals surface area contributed by atoms with Crippen molar-refractivity contribution < 1.29 is 4.39 Å². The standard InChI is InChI=1S/C10H14FNS/c1-8-2-4-10(11,7-12-8)9-3-5-13-6-9/h3,5-6,8,12H,2,4,7H2,1H3. The van der Waals surface area contributed by atoms with Crippen LogP contribution in [-0.4, -0.2) is 12.6 Å². The molecule has 0 spiro atoms. The molecule has 2 atom stereocenters. The Bertz CT molecular complexity index is 262. The van der Waals surface area contributed by atoms with Gasteiger partial charge in [-0.3, -0.25) is 0 Å². The van der Waals surface area contributed by atoms with Crippen LogP contribution < -0.4 is 5.32 Å².